The number of sulfonamides is 1. The molecule has 2 N–H and O–H groups in total. The Kier molecular flexibility index (Phi) is 11.2. The Hall–Kier alpha value is -0.740. The lowest BCUT2D eigenvalue weighted by Crippen LogP contribution is -2.46. The number of carbonyl (C=O) groups excluding carboxylic acids is 1. The molecule has 0 unspecified atom stereocenters. The highest BCUT2D eigenvalue weighted by Gasteiger charge is 2.25. The Labute approximate surface area is 151 Å². The normalized spacial score (nSPS) is 16.3. The summed E-state index contributed by atoms with van der Waals surface area (Å²) in [5.74, 6) is -0.672. The van der Waals surface area contributed by atoms with Crippen molar-refractivity contribution in [1.82, 2.24) is 14.7 Å². The molecule has 0 aliphatic carbocycles. The van der Waals surface area contributed by atoms with Crippen molar-refractivity contribution in [3.05, 3.63) is 0 Å². The number of hydroxylamine groups is 1. The fraction of sp³-hybridized carbons (Fsp3) is 0.938. The van der Waals surface area contributed by atoms with Crippen molar-refractivity contribution in [3.8, 4) is 0 Å². The molecule has 8 nitrogen and oxygen atoms in total. The second kappa shape index (κ2) is 12.6. The predicted octanol–water partition coefficient (Wildman–Crippen LogP) is 0.816. The van der Waals surface area contributed by atoms with Crippen molar-refractivity contribution >= 4 is 15.9 Å². The van der Waals surface area contributed by atoms with Crippen molar-refractivity contribution < 1.29 is 23.2 Å². The fourth-order valence-corrected chi connectivity index (χ4v) is 4.28. The average molecular weight is 380 g/mol. The second-order valence-electron chi connectivity index (χ2n) is 6.41. The van der Waals surface area contributed by atoms with E-state index in [4.69, 9.17) is 9.94 Å². The van der Waals surface area contributed by atoms with E-state index in [0.717, 1.165) is 38.8 Å². The van der Waals surface area contributed by atoms with Gasteiger partial charge in [0.2, 0.25) is 10.0 Å². The summed E-state index contributed by atoms with van der Waals surface area (Å²) in [7, 11) is -3.52. The number of nitrogens with one attached hydrogen (secondary N) is 1. The van der Waals surface area contributed by atoms with Crippen LogP contribution in [0.25, 0.3) is 0 Å². The topological polar surface area (TPSA) is 99.2 Å². The molecule has 0 spiro atoms. The second-order valence-corrected chi connectivity index (χ2v) is 8.49. The van der Waals surface area contributed by atoms with E-state index < -0.39 is 15.9 Å². The highest BCUT2D eigenvalue weighted by atomic mass is 32.2. The number of ether oxygens (including phenoxy) is 1. The van der Waals surface area contributed by atoms with E-state index in [1.54, 1.807) is 0 Å². The van der Waals surface area contributed by atoms with Crippen LogP contribution in [0.1, 0.15) is 45.4 Å². The van der Waals surface area contributed by atoms with Gasteiger partial charge in [-0.25, -0.2) is 13.9 Å². The molecule has 1 rings (SSSR count). The molecule has 0 radical (unpaired) electrons. The third-order valence-electron chi connectivity index (χ3n) is 4.36. The molecule has 148 valence electrons. The third-order valence-corrected chi connectivity index (χ3v) is 6.27. The smallest absolute Gasteiger partial charge is 0.258 e. The molecule has 0 atom stereocenters. The lowest BCUT2D eigenvalue weighted by atomic mass is 10.1. The molecule has 0 aromatic heterocycles. The van der Waals surface area contributed by atoms with Gasteiger partial charge in [0.1, 0.15) is 0 Å². The van der Waals surface area contributed by atoms with E-state index in [1.807, 2.05) is 0 Å². The molecule has 1 heterocycles. The molecule has 1 saturated heterocycles. The van der Waals surface area contributed by atoms with Gasteiger partial charge >= 0.3 is 0 Å². The molecule has 1 amide bonds. The van der Waals surface area contributed by atoms with Gasteiger partial charge in [0.05, 0.1) is 25.5 Å². The van der Waals surface area contributed by atoms with E-state index in [9.17, 15) is 13.2 Å². The van der Waals surface area contributed by atoms with Crippen LogP contribution < -0.4 is 5.48 Å². The predicted molar refractivity (Wildman–Crippen MR) is 95.9 cm³/mol. The van der Waals surface area contributed by atoms with Gasteiger partial charge in [-0.2, -0.15) is 4.31 Å². The van der Waals surface area contributed by atoms with E-state index in [1.165, 1.54) is 16.2 Å². The highest BCUT2D eigenvalue weighted by Crippen LogP contribution is 2.10. The molecular formula is C16H33N3O5S. The van der Waals surface area contributed by atoms with Gasteiger partial charge in [-0.1, -0.05) is 39.0 Å². The van der Waals surface area contributed by atoms with Crippen molar-refractivity contribution in [2.75, 3.05) is 51.7 Å². The molecule has 0 bridgehead atoms. The minimum atomic E-state index is -3.52. The molecule has 0 saturated carbocycles. The number of unbranched alkanes of at least 4 members (excludes halogenated alkanes) is 5. The molecule has 0 aromatic rings. The van der Waals surface area contributed by atoms with Gasteiger partial charge in [-0.15, -0.1) is 0 Å². The van der Waals surface area contributed by atoms with Crippen LogP contribution in [0.4, 0.5) is 0 Å². The summed E-state index contributed by atoms with van der Waals surface area (Å²) in [5.41, 5.74) is 1.52. The van der Waals surface area contributed by atoms with Gasteiger partial charge in [-0.05, 0) is 6.42 Å². The van der Waals surface area contributed by atoms with Crippen LogP contribution in [-0.2, 0) is 19.6 Å². The van der Waals surface area contributed by atoms with Gasteiger partial charge in [0.15, 0.2) is 0 Å². The summed E-state index contributed by atoms with van der Waals surface area (Å²) in [6.45, 7) is 5.39. The van der Waals surface area contributed by atoms with Gasteiger partial charge in [-0.3, -0.25) is 14.9 Å². The van der Waals surface area contributed by atoms with Gasteiger partial charge in [0, 0.05) is 26.2 Å². The number of hydrogen-bond donors (Lipinski definition) is 2. The van der Waals surface area contributed by atoms with Crippen LogP contribution in [0, 0.1) is 0 Å². The van der Waals surface area contributed by atoms with E-state index in [0.29, 0.717) is 26.2 Å². The molecule has 9 heteroatoms. The average Bonchev–Trinajstić information content (AvgIpc) is 2.62. The SMILES string of the molecule is CCCCCCCCS(=O)(=O)N(CCN1CCOCC1)CC(=O)NO. The van der Waals surface area contributed by atoms with Crippen LogP contribution in [0.5, 0.6) is 0 Å². The number of rotatable bonds is 13. The maximum atomic E-state index is 12.6. The lowest BCUT2D eigenvalue weighted by molar-refractivity contribution is -0.129. The van der Waals surface area contributed by atoms with Crippen LogP contribution in [0.2, 0.25) is 0 Å². The lowest BCUT2D eigenvalue weighted by Gasteiger charge is -2.29. The number of morpholine rings is 1. The van der Waals surface area contributed by atoms with Crippen LogP contribution in [0.3, 0.4) is 0 Å². The first kappa shape index (κ1) is 22.3. The largest absolute Gasteiger partial charge is 0.379 e. The number of nitrogens with zero attached hydrogens (tertiary/aromatic N) is 2. The number of amides is 1. The van der Waals surface area contributed by atoms with Crippen molar-refractivity contribution in [2.24, 2.45) is 0 Å². The Morgan fingerprint density at radius 3 is 2.44 bits per heavy atom. The fourth-order valence-electron chi connectivity index (χ4n) is 2.78. The maximum Gasteiger partial charge on any atom is 0.258 e. The molecule has 25 heavy (non-hydrogen) atoms. The van der Waals surface area contributed by atoms with Crippen LogP contribution in [0.15, 0.2) is 0 Å². The summed E-state index contributed by atoms with van der Waals surface area (Å²) in [6, 6.07) is 0. The summed E-state index contributed by atoms with van der Waals surface area (Å²) in [6.07, 6.45) is 5.97. The first-order valence-corrected chi connectivity index (χ1v) is 10.8. The minimum absolute atomic E-state index is 0.0426. The summed E-state index contributed by atoms with van der Waals surface area (Å²) in [4.78, 5) is 13.6. The van der Waals surface area contributed by atoms with Gasteiger partial charge < -0.3 is 4.74 Å². The number of carbonyl (C=O) groups is 1. The van der Waals surface area contributed by atoms with Gasteiger partial charge in [0.25, 0.3) is 5.91 Å². The Balaban J connectivity index is 2.48. The van der Waals surface area contributed by atoms with E-state index >= 15 is 0 Å². The van der Waals surface area contributed by atoms with E-state index in [2.05, 4.69) is 11.8 Å². The van der Waals surface area contributed by atoms with Crippen molar-refractivity contribution in [3.63, 3.8) is 0 Å². The van der Waals surface area contributed by atoms with Crippen LogP contribution in [-0.4, -0.2) is 80.4 Å². The standard InChI is InChI=1S/C16H33N3O5S/c1-2-3-4-5-6-7-14-25(22,23)19(15-16(20)17-21)9-8-18-10-12-24-13-11-18/h21H,2-15H2,1H3,(H,17,20). The summed E-state index contributed by atoms with van der Waals surface area (Å²) < 4.78 is 31.6. The zero-order valence-electron chi connectivity index (χ0n) is 15.3. The zero-order chi connectivity index (χ0) is 18.5. The third kappa shape index (κ3) is 9.50. The minimum Gasteiger partial charge on any atom is -0.379 e. The maximum absolute atomic E-state index is 12.6. The number of hydrogen-bond acceptors (Lipinski definition) is 6. The quantitative estimate of drug-likeness (QED) is 0.279. The Morgan fingerprint density at radius 2 is 1.80 bits per heavy atom. The molecular weight excluding hydrogens is 346 g/mol. The zero-order valence-corrected chi connectivity index (χ0v) is 16.1. The van der Waals surface area contributed by atoms with Crippen molar-refractivity contribution in [1.29, 1.82) is 0 Å². The Bertz CT molecular complexity index is 466. The Morgan fingerprint density at radius 1 is 1.16 bits per heavy atom. The first-order chi connectivity index (χ1) is 12.0. The van der Waals surface area contributed by atoms with Crippen LogP contribution >= 0.6 is 0 Å². The molecule has 1 fully saturated rings. The molecule has 1 aliphatic heterocycles. The monoisotopic (exact) mass is 379 g/mol. The molecule has 1 aliphatic rings. The molecule has 0 aromatic carbocycles. The first-order valence-electron chi connectivity index (χ1n) is 9.20. The van der Waals surface area contributed by atoms with Crippen molar-refractivity contribution in [2.45, 2.75) is 45.4 Å². The van der Waals surface area contributed by atoms with E-state index in [-0.39, 0.29) is 18.8 Å². The summed E-state index contributed by atoms with van der Waals surface area (Å²) >= 11 is 0. The highest BCUT2D eigenvalue weighted by molar-refractivity contribution is 7.89. The summed E-state index contributed by atoms with van der Waals surface area (Å²) in [5, 5.41) is 8.71.